The van der Waals surface area contributed by atoms with Gasteiger partial charge in [0, 0.05) is 24.3 Å². The Balaban J connectivity index is 1.12. The molecule has 4 unspecified atom stereocenters. The minimum atomic E-state index is -2.03. The second-order valence-corrected chi connectivity index (χ2v) is 11.5. The Kier molecular flexibility index (Phi) is 11.2. The van der Waals surface area contributed by atoms with Crippen LogP contribution in [0.25, 0.3) is 0 Å². The van der Waals surface area contributed by atoms with Crippen LogP contribution < -0.4 is 9.47 Å². The first-order valence-corrected chi connectivity index (χ1v) is 15.6. The van der Waals surface area contributed by atoms with Crippen molar-refractivity contribution in [2.75, 3.05) is 39.6 Å². The number of hydrogen-bond acceptors (Lipinski definition) is 10. The van der Waals surface area contributed by atoms with Gasteiger partial charge in [0.25, 0.3) is 0 Å². The van der Waals surface area contributed by atoms with Crippen LogP contribution in [-0.2, 0) is 18.9 Å². The molecular formula is C35H42O10. The van der Waals surface area contributed by atoms with Crippen molar-refractivity contribution in [1.82, 2.24) is 0 Å². The van der Waals surface area contributed by atoms with Gasteiger partial charge in [-0.3, -0.25) is 9.59 Å². The Bertz CT molecular complexity index is 1340. The van der Waals surface area contributed by atoms with Crippen LogP contribution >= 0.6 is 0 Å². The molecule has 0 aromatic heterocycles. The average molecular weight is 623 g/mol. The van der Waals surface area contributed by atoms with Crippen LogP contribution in [0.3, 0.4) is 0 Å². The van der Waals surface area contributed by atoms with Crippen molar-refractivity contribution < 1.29 is 48.2 Å². The van der Waals surface area contributed by atoms with E-state index in [1.54, 1.807) is 48.5 Å². The molecule has 0 amide bonds. The van der Waals surface area contributed by atoms with Gasteiger partial charge in [0.15, 0.2) is 23.8 Å². The highest BCUT2D eigenvalue weighted by Gasteiger charge is 2.44. The molecule has 0 saturated carbocycles. The summed E-state index contributed by atoms with van der Waals surface area (Å²) >= 11 is 0. The monoisotopic (exact) mass is 622 g/mol. The molecule has 2 N–H and O–H groups in total. The fraction of sp³-hybridized carbons (Fsp3) is 0.486. The predicted octanol–water partition coefficient (Wildman–Crippen LogP) is 4.57. The Morgan fingerprint density at radius 2 is 1.20 bits per heavy atom. The van der Waals surface area contributed by atoms with Gasteiger partial charge >= 0.3 is 0 Å². The summed E-state index contributed by atoms with van der Waals surface area (Å²) in [6.45, 7) is 4.35. The zero-order valence-electron chi connectivity index (χ0n) is 25.7. The van der Waals surface area contributed by atoms with Crippen molar-refractivity contribution in [1.29, 1.82) is 0 Å². The van der Waals surface area contributed by atoms with Crippen LogP contribution in [0, 0.1) is 0 Å². The molecular weight excluding hydrogens is 580 g/mol. The molecule has 2 aromatic rings. The van der Waals surface area contributed by atoms with Crippen molar-refractivity contribution in [2.45, 2.75) is 69.2 Å². The first-order valence-electron chi connectivity index (χ1n) is 15.6. The molecule has 2 aromatic carbocycles. The number of ketones is 2. The Labute approximate surface area is 263 Å². The Morgan fingerprint density at radius 1 is 0.711 bits per heavy atom. The molecule has 242 valence electrons. The number of carbonyl (C=O) groups excluding carboxylic acids is 2. The second kappa shape index (κ2) is 15.3. The van der Waals surface area contributed by atoms with Crippen molar-refractivity contribution in [3.05, 3.63) is 83.5 Å². The molecule has 10 heteroatoms. The quantitative estimate of drug-likeness (QED) is 0.176. The first kappa shape index (κ1) is 33.0. The van der Waals surface area contributed by atoms with Crippen molar-refractivity contribution >= 4 is 11.6 Å². The molecule has 45 heavy (non-hydrogen) atoms. The average Bonchev–Trinajstić information content (AvgIpc) is 3.08. The predicted molar refractivity (Wildman–Crippen MR) is 164 cm³/mol. The summed E-state index contributed by atoms with van der Waals surface area (Å²) in [6, 6.07) is 12.8. The van der Waals surface area contributed by atoms with Crippen LogP contribution in [0.1, 0.15) is 66.2 Å². The van der Waals surface area contributed by atoms with Crippen LogP contribution in [0.15, 0.2) is 72.3 Å². The van der Waals surface area contributed by atoms with Gasteiger partial charge in [0.1, 0.15) is 24.7 Å². The summed E-state index contributed by atoms with van der Waals surface area (Å²) in [5.41, 5.74) is -3.43. The normalized spacial score (nSPS) is 26.6. The summed E-state index contributed by atoms with van der Waals surface area (Å²) in [5, 5.41) is 22.5. The topological polar surface area (TPSA) is 130 Å². The highest BCUT2D eigenvalue weighted by atomic mass is 16.7. The molecule has 10 nitrogen and oxygen atoms in total. The van der Waals surface area contributed by atoms with E-state index < -0.39 is 22.8 Å². The van der Waals surface area contributed by atoms with E-state index in [1.165, 1.54) is 19.1 Å². The molecule has 2 fully saturated rings. The highest BCUT2D eigenvalue weighted by Crippen LogP contribution is 2.34. The molecule has 2 saturated heterocycles. The van der Waals surface area contributed by atoms with Gasteiger partial charge in [0.05, 0.1) is 13.2 Å². The lowest BCUT2D eigenvalue weighted by Gasteiger charge is -2.32. The van der Waals surface area contributed by atoms with Crippen LogP contribution in [0.4, 0.5) is 0 Å². The minimum absolute atomic E-state index is 0.134. The summed E-state index contributed by atoms with van der Waals surface area (Å²) in [6.07, 6.45) is 9.22. The number of hydrogen-bond donors (Lipinski definition) is 2. The SMILES string of the molecule is CC1=CC(O)(C(=O)c2ccc(OCCOC3CCCCO3)cc2)C=CC1(O)C(=O)c1ccc(OCCOC2CCCCO2)cc1. The second-order valence-electron chi connectivity index (χ2n) is 11.5. The molecule has 1 aliphatic carbocycles. The third kappa shape index (κ3) is 8.46. The Hall–Kier alpha value is -3.38. The molecule has 0 bridgehead atoms. The standard InChI is InChI=1S/C35H42O10/c1-25-24-34(38,32(36)26-8-12-28(13-9-26)40-20-22-44-30-6-2-4-18-42-30)16-17-35(25,39)33(37)27-10-14-29(15-11-27)41-21-23-45-31-7-3-5-19-43-31/h8-17,24,30-31,38-39H,2-7,18-23H2,1H3. The van der Waals surface area contributed by atoms with Crippen LogP contribution in [-0.4, -0.2) is 85.2 Å². The van der Waals surface area contributed by atoms with E-state index in [9.17, 15) is 19.8 Å². The lowest BCUT2D eigenvalue weighted by molar-refractivity contribution is -0.165. The number of benzene rings is 2. The largest absolute Gasteiger partial charge is 0.491 e. The van der Waals surface area contributed by atoms with E-state index in [4.69, 9.17) is 28.4 Å². The van der Waals surface area contributed by atoms with Gasteiger partial charge in [-0.25, -0.2) is 0 Å². The number of Topliss-reactive ketones (excluding diaryl/α,β-unsaturated/α-hetero) is 2. The fourth-order valence-corrected chi connectivity index (χ4v) is 5.48. The van der Waals surface area contributed by atoms with E-state index in [1.807, 2.05) is 0 Å². The summed E-state index contributed by atoms with van der Waals surface area (Å²) in [4.78, 5) is 26.6. The number of rotatable bonds is 14. The summed E-state index contributed by atoms with van der Waals surface area (Å²) in [7, 11) is 0. The van der Waals surface area contributed by atoms with E-state index in [0.717, 1.165) is 44.6 Å². The minimum Gasteiger partial charge on any atom is -0.491 e. The van der Waals surface area contributed by atoms with Gasteiger partial charge < -0.3 is 38.6 Å². The number of ether oxygens (including phenoxy) is 6. The number of carbonyl (C=O) groups is 2. The van der Waals surface area contributed by atoms with Crippen molar-refractivity contribution in [2.24, 2.45) is 0 Å². The molecule has 2 aliphatic heterocycles. The molecule has 3 aliphatic rings. The molecule has 0 radical (unpaired) electrons. The van der Waals surface area contributed by atoms with Crippen molar-refractivity contribution in [3.63, 3.8) is 0 Å². The fourth-order valence-electron chi connectivity index (χ4n) is 5.48. The van der Waals surface area contributed by atoms with E-state index in [2.05, 4.69) is 0 Å². The third-order valence-corrected chi connectivity index (χ3v) is 8.15. The van der Waals surface area contributed by atoms with Crippen LogP contribution in [0.2, 0.25) is 0 Å². The third-order valence-electron chi connectivity index (χ3n) is 8.15. The lowest BCUT2D eigenvalue weighted by atomic mass is 9.77. The molecule has 2 heterocycles. The maximum Gasteiger partial charge on any atom is 0.202 e. The van der Waals surface area contributed by atoms with E-state index in [-0.39, 0.29) is 29.3 Å². The maximum absolute atomic E-state index is 13.4. The van der Waals surface area contributed by atoms with Gasteiger partial charge in [-0.1, -0.05) is 0 Å². The molecule has 5 rings (SSSR count). The van der Waals surface area contributed by atoms with Gasteiger partial charge in [0.2, 0.25) is 11.6 Å². The molecule has 4 atom stereocenters. The van der Waals surface area contributed by atoms with Gasteiger partial charge in [-0.15, -0.1) is 0 Å². The Morgan fingerprint density at radius 3 is 1.64 bits per heavy atom. The lowest BCUT2D eigenvalue weighted by Crippen LogP contribution is -2.45. The van der Waals surface area contributed by atoms with Gasteiger partial charge in [-0.2, -0.15) is 0 Å². The summed E-state index contributed by atoms with van der Waals surface area (Å²) < 4.78 is 33.8. The van der Waals surface area contributed by atoms with Crippen molar-refractivity contribution in [3.8, 4) is 11.5 Å². The molecule has 0 spiro atoms. The van der Waals surface area contributed by atoms with E-state index >= 15 is 0 Å². The zero-order chi connectivity index (χ0) is 31.7. The summed E-state index contributed by atoms with van der Waals surface area (Å²) in [5.74, 6) is -0.0855. The highest BCUT2D eigenvalue weighted by molar-refractivity contribution is 6.09. The number of aliphatic hydroxyl groups is 2. The van der Waals surface area contributed by atoms with Gasteiger partial charge in [-0.05, 0) is 118 Å². The smallest absolute Gasteiger partial charge is 0.202 e. The van der Waals surface area contributed by atoms with E-state index in [0.29, 0.717) is 51.1 Å². The van der Waals surface area contributed by atoms with Crippen LogP contribution in [0.5, 0.6) is 11.5 Å². The maximum atomic E-state index is 13.4. The first-order chi connectivity index (χ1) is 21.8. The zero-order valence-corrected chi connectivity index (χ0v) is 25.7.